The molecule has 2 heterocycles. The summed E-state index contributed by atoms with van der Waals surface area (Å²) >= 11 is 0. The van der Waals surface area contributed by atoms with Gasteiger partial charge in [-0.05, 0) is 0 Å². The first-order valence-electron chi connectivity index (χ1n) is 12.8. The van der Waals surface area contributed by atoms with E-state index in [4.69, 9.17) is 18.9 Å². The second-order valence-corrected chi connectivity index (χ2v) is 9.46. The number of carbonyl (C=O) groups excluding carboxylic acids is 4. The van der Waals surface area contributed by atoms with Gasteiger partial charge in [-0.1, -0.05) is 0 Å². The Morgan fingerprint density at radius 2 is 1.10 bits per heavy atom. The van der Waals surface area contributed by atoms with Crippen molar-refractivity contribution in [1.82, 2.24) is 24.9 Å². The minimum Gasteiger partial charge on any atom is -0.480 e. The highest BCUT2D eigenvalue weighted by Gasteiger charge is 2.45. The molecule has 0 spiro atoms. The van der Waals surface area contributed by atoms with Crippen LogP contribution in [0.5, 0.6) is 0 Å². The molecule has 222 valence electrons. The summed E-state index contributed by atoms with van der Waals surface area (Å²) in [5.41, 5.74) is 0. The first-order chi connectivity index (χ1) is 18.6. The lowest BCUT2D eigenvalue weighted by atomic mass is 10.1. The zero-order chi connectivity index (χ0) is 28.9. The largest absolute Gasteiger partial charge is 0.480 e. The van der Waals surface area contributed by atoms with E-state index in [1.807, 2.05) is 19.6 Å². The molecule has 0 aliphatic carbocycles. The summed E-state index contributed by atoms with van der Waals surface area (Å²) in [5, 5.41) is 12.6. The van der Waals surface area contributed by atoms with E-state index in [2.05, 4.69) is 5.32 Å². The maximum Gasteiger partial charge on any atom is 0.324 e. The number of nitrogens with one attached hydrogen (secondary N) is 1. The van der Waals surface area contributed by atoms with Gasteiger partial charge in [0.15, 0.2) is 0 Å². The molecule has 0 aromatic heterocycles. The minimum atomic E-state index is -1.12. The van der Waals surface area contributed by atoms with E-state index < -0.39 is 48.0 Å². The molecule has 3 atom stereocenters. The fourth-order valence-corrected chi connectivity index (χ4v) is 4.71. The first-order valence-corrected chi connectivity index (χ1v) is 12.8. The Hall–Kier alpha value is -2.85. The van der Waals surface area contributed by atoms with E-state index >= 15 is 0 Å². The Balaban J connectivity index is 2.32. The summed E-state index contributed by atoms with van der Waals surface area (Å²) in [6.07, 6.45) is -0.924. The fraction of sp³-hybridized carbons (Fsp3) is 0.792. The number of rotatable bonds is 9. The highest BCUT2D eigenvalue weighted by Crippen LogP contribution is 2.19. The molecule has 2 rings (SSSR count). The van der Waals surface area contributed by atoms with Crippen LogP contribution in [-0.4, -0.2) is 173 Å². The van der Waals surface area contributed by atoms with E-state index in [9.17, 15) is 29.1 Å². The predicted octanol–water partition coefficient (Wildman–Crippen LogP) is -2.92. The fourth-order valence-electron chi connectivity index (χ4n) is 4.71. The normalized spacial score (nSPS) is 24.7. The zero-order valence-electron chi connectivity index (χ0n) is 23.1. The van der Waals surface area contributed by atoms with Gasteiger partial charge in [-0.25, -0.2) is 0 Å². The van der Waals surface area contributed by atoms with Gasteiger partial charge in [-0.15, -0.1) is 0 Å². The summed E-state index contributed by atoms with van der Waals surface area (Å²) in [5.74, 6) is -2.93. The number of ether oxygens (including phenoxy) is 4. The first kappa shape index (κ1) is 32.4. The highest BCUT2D eigenvalue weighted by atomic mass is 16.5. The van der Waals surface area contributed by atoms with Crippen molar-refractivity contribution >= 4 is 29.8 Å². The molecule has 2 aliphatic heterocycles. The summed E-state index contributed by atoms with van der Waals surface area (Å²) < 4.78 is 20.0. The van der Waals surface area contributed by atoms with E-state index in [0.717, 1.165) is 0 Å². The monoisotopic (exact) mass is 559 g/mol. The Morgan fingerprint density at radius 1 is 0.718 bits per heavy atom. The Labute approximate surface area is 228 Å². The van der Waals surface area contributed by atoms with Crippen molar-refractivity contribution in [3.05, 3.63) is 0 Å². The minimum absolute atomic E-state index is 0.0267. The van der Waals surface area contributed by atoms with E-state index in [0.29, 0.717) is 52.4 Å². The Kier molecular flexibility index (Phi) is 13.5. The van der Waals surface area contributed by atoms with Gasteiger partial charge in [-0.2, -0.15) is 0 Å². The third kappa shape index (κ3) is 10.7. The zero-order valence-corrected chi connectivity index (χ0v) is 23.1. The molecule has 0 bridgehead atoms. The number of methoxy groups -OCH3 is 3. The Bertz CT molecular complexity index is 825. The lowest BCUT2D eigenvalue weighted by Gasteiger charge is -2.37. The molecule has 2 fully saturated rings. The van der Waals surface area contributed by atoms with Crippen molar-refractivity contribution in [1.29, 1.82) is 0 Å². The standard InChI is InChI=1S/C24H41N5O10/c1-17(30)39-23-18(13-25-22(23)24(34)35)29-11-9-27(15-20(32)37-3)7-5-26(14-19(31)36-2)6-8-28(10-12-29)16-21(33)38-4/h18,22-23,25H,5-16H2,1-4H3,(H,34,35)/t18-,22+,23+/m1/s1. The lowest BCUT2D eigenvalue weighted by molar-refractivity contribution is -0.155. The molecule has 2 saturated heterocycles. The van der Waals surface area contributed by atoms with Crippen LogP contribution in [0.2, 0.25) is 0 Å². The summed E-state index contributed by atoms with van der Waals surface area (Å²) in [4.78, 5) is 67.6. The summed E-state index contributed by atoms with van der Waals surface area (Å²) in [6.45, 7) is 5.03. The van der Waals surface area contributed by atoms with E-state index in [1.54, 1.807) is 0 Å². The van der Waals surface area contributed by atoms with Crippen LogP contribution in [0.1, 0.15) is 6.92 Å². The second kappa shape index (κ2) is 16.3. The van der Waals surface area contributed by atoms with Gasteiger partial charge in [0, 0.05) is 65.8 Å². The molecule has 2 aliphatic rings. The van der Waals surface area contributed by atoms with Gasteiger partial charge in [0.1, 0.15) is 12.1 Å². The number of hydrogen-bond donors (Lipinski definition) is 2. The molecule has 2 N–H and O–H groups in total. The third-order valence-corrected chi connectivity index (χ3v) is 6.90. The van der Waals surface area contributed by atoms with Crippen molar-refractivity contribution in [2.45, 2.75) is 25.1 Å². The maximum absolute atomic E-state index is 12.1. The van der Waals surface area contributed by atoms with Gasteiger partial charge < -0.3 is 24.1 Å². The van der Waals surface area contributed by atoms with Crippen molar-refractivity contribution in [2.75, 3.05) is 99.9 Å². The van der Waals surface area contributed by atoms with Crippen LogP contribution in [-0.2, 0) is 42.9 Å². The SMILES string of the molecule is COC(=O)CN1CCN(CC(=O)OC)CCN([C@@H]2CN[C@H](C(=O)O)[C@H]2OC(C)=O)CCN(CC(=O)OC)CC1. The van der Waals surface area contributed by atoms with E-state index in [-0.39, 0.29) is 26.2 Å². The molecular formula is C24H41N5O10. The van der Waals surface area contributed by atoms with Crippen molar-refractivity contribution in [3.8, 4) is 0 Å². The van der Waals surface area contributed by atoms with Gasteiger partial charge in [0.2, 0.25) is 0 Å². The van der Waals surface area contributed by atoms with Crippen LogP contribution in [0, 0.1) is 0 Å². The number of carboxylic acids is 1. The molecule has 0 unspecified atom stereocenters. The quantitative estimate of drug-likeness (QED) is 0.218. The van der Waals surface area contributed by atoms with Gasteiger partial charge in [0.25, 0.3) is 0 Å². The van der Waals surface area contributed by atoms with Gasteiger partial charge >= 0.3 is 29.8 Å². The number of carboxylic acid groups (broad SMARTS) is 1. The molecule has 0 saturated carbocycles. The summed E-state index contributed by atoms with van der Waals surface area (Å²) in [7, 11) is 3.94. The van der Waals surface area contributed by atoms with Crippen LogP contribution in [0.4, 0.5) is 0 Å². The molecule has 0 aromatic rings. The Morgan fingerprint density at radius 3 is 1.44 bits per heavy atom. The molecule has 0 aromatic carbocycles. The van der Waals surface area contributed by atoms with Crippen molar-refractivity contribution in [3.63, 3.8) is 0 Å². The van der Waals surface area contributed by atoms with E-state index in [1.165, 1.54) is 28.3 Å². The maximum atomic E-state index is 12.1. The van der Waals surface area contributed by atoms with Crippen molar-refractivity contribution in [2.24, 2.45) is 0 Å². The number of nitrogens with zero attached hydrogens (tertiary/aromatic N) is 4. The lowest BCUT2D eigenvalue weighted by Crippen LogP contribution is -2.54. The number of esters is 4. The summed E-state index contributed by atoms with van der Waals surface area (Å²) in [6, 6.07) is -1.52. The van der Waals surface area contributed by atoms with Crippen LogP contribution in [0.3, 0.4) is 0 Å². The average Bonchev–Trinajstić information content (AvgIpc) is 3.30. The molecule has 0 amide bonds. The van der Waals surface area contributed by atoms with Crippen LogP contribution >= 0.6 is 0 Å². The highest BCUT2D eigenvalue weighted by molar-refractivity contribution is 5.76. The number of carbonyl (C=O) groups is 5. The average molecular weight is 560 g/mol. The second-order valence-electron chi connectivity index (χ2n) is 9.46. The smallest absolute Gasteiger partial charge is 0.324 e. The predicted molar refractivity (Wildman–Crippen MR) is 136 cm³/mol. The third-order valence-electron chi connectivity index (χ3n) is 6.90. The molecular weight excluding hydrogens is 518 g/mol. The number of aliphatic carboxylic acids is 1. The van der Waals surface area contributed by atoms with Crippen LogP contribution < -0.4 is 5.32 Å². The molecule has 39 heavy (non-hydrogen) atoms. The molecule has 0 radical (unpaired) electrons. The molecule has 15 heteroatoms. The van der Waals surface area contributed by atoms with Crippen LogP contribution in [0.15, 0.2) is 0 Å². The van der Waals surface area contributed by atoms with Gasteiger partial charge in [-0.3, -0.25) is 48.9 Å². The van der Waals surface area contributed by atoms with Crippen LogP contribution in [0.25, 0.3) is 0 Å². The number of hydrogen-bond acceptors (Lipinski definition) is 14. The van der Waals surface area contributed by atoms with Gasteiger partial charge in [0.05, 0.1) is 47.0 Å². The molecule has 15 nitrogen and oxygen atoms in total. The topological polar surface area (TPSA) is 167 Å². The van der Waals surface area contributed by atoms with Crippen molar-refractivity contribution < 1.29 is 48.0 Å².